The zero-order chi connectivity index (χ0) is 24.1. The zero-order valence-electron chi connectivity index (χ0n) is 19.8. The van der Waals surface area contributed by atoms with E-state index in [0.717, 1.165) is 28.8 Å². The van der Waals surface area contributed by atoms with Crippen LogP contribution >= 0.6 is 11.6 Å². The maximum absolute atomic E-state index is 12.9. The van der Waals surface area contributed by atoms with Gasteiger partial charge in [0.05, 0.1) is 16.6 Å². The number of nitrogens with one attached hydrogen (secondary N) is 2. The Bertz CT molecular complexity index is 1130. The molecule has 0 aliphatic heterocycles. The molecule has 0 fully saturated rings. The van der Waals surface area contributed by atoms with Crippen molar-refractivity contribution in [2.75, 3.05) is 10.6 Å². The lowest BCUT2D eigenvalue weighted by Crippen LogP contribution is -2.20. The second-order valence-electron chi connectivity index (χ2n) is 9.08. The number of hydrogen-bond donors (Lipinski definition) is 2. The second-order valence-corrected chi connectivity index (χ2v) is 9.48. The summed E-state index contributed by atoms with van der Waals surface area (Å²) in [6.07, 6.45) is 1.01. The molecule has 3 aromatic rings. The van der Waals surface area contributed by atoms with E-state index in [-0.39, 0.29) is 17.7 Å². The van der Waals surface area contributed by atoms with Crippen LogP contribution in [-0.2, 0) is 11.2 Å². The number of carbonyl (C=O) groups is 2. The Morgan fingerprint density at radius 1 is 0.848 bits per heavy atom. The lowest BCUT2D eigenvalue weighted by atomic mass is 9.96. The van der Waals surface area contributed by atoms with Gasteiger partial charge in [-0.05, 0) is 85.7 Å². The summed E-state index contributed by atoms with van der Waals surface area (Å²) in [5, 5.41) is 6.17. The van der Waals surface area contributed by atoms with E-state index in [0.29, 0.717) is 22.2 Å². The molecule has 0 spiro atoms. The highest BCUT2D eigenvalue weighted by Gasteiger charge is 2.18. The van der Waals surface area contributed by atoms with Gasteiger partial charge in [0.15, 0.2) is 0 Å². The fourth-order valence-corrected chi connectivity index (χ4v) is 3.98. The summed E-state index contributed by atoms with van der Waals surface area (Å²) in [7, 11) is 0. The third-order valence-corrected chi connectivity index (χ3v) is 5.81. The van der Waals surface area contributed by atoms with Crippen molar-refractivity contribution in [3.05, 3.63) is 93.5 Å². The number of anilines is 2. The van der Waals surface area contributed by atoms with E-state index in [4.69, 9.17) is 11.6 Å². The van der Waals surface area contributed by atoms with Crippen LogP contribution in [-0.4, -0.2) is 11.8 Å². The van der Waals surface area contributed by atoms with Crippen LogP contribution in [0.15, 0.2) is 60.7 Å². The van der Waals surface area contributed by atoms with Crippen LogP contribution in [0.1, 0.15) is 59.3 Å². The molecule has 1 atom stereocenters. The molecule has 1 unspecified atom stereocenters. The predicted molar refractivity (Wildman–Crippen MR) is 137 cm³/mol. The van der Waals surface area contributed by atoms with Crippen LogP contribution < -0.4 is 10.6 Å². The van der Waals surface area contributed by atoms with Crippen molar-refractivity contribution in [2.24, 2.45) is 5.92 Å². The molecule has 0 aliphatic rings. The standard InChI is InChI=1S/C28H31ClN2O2/c1-17(2)12-21-6-8-22(9-7-21)20(5)27(32)31-26-16-23(10-11-25(26)29)28(33)30-24-14-18(3)13-19(4)15-24/h6-11,13-17,20H,12H2,1-5H3,(H,30,33)(H,31,32). The van der Waals surface area contributed by atoms with E-state index in [2.05, 4.69) is 36.6 Å². The Labute approximate surface area is 201 Å². The molecular formula is C28H31ClN2O2. The third kappa shape index (κ3) is 6.69. The Kier molecular flexibility index (Phi) is 7.93. The molecule has 0 aromatic heterocycles. The van der Waals surface area contributed by atoms with Crippen LogP contribution in [0.2, 0.25) is 5.02 Å². The number of amides is 2. The molecular weight excluding hydrogens is 432 g/mol. The summed E-state index contributed by atoms with van der Waals surface area (Å²) in [5.74, 6) is -0.221. The van der Waals surface area contributed by atoms with Crippen molar-refractivity contribution in [1.82, 2.24) is 0 Å². The number of rotatable bonds is 7. The minimum absolute atomic E-state index is 0.180. The molecule has 2 N–H and O–H groups in total. The van der Waals surface area contributed by atoms with Crippen molar-refractivity contribution in [3.63, 3.8) is 0 Å². The molecule has 0 bridgehead atoms. The van der Waals surface area contributed by atoms with Gasteiger partial charge in [-0.15, -0.1) is 0 Å². The van der Waals surface area contributed by atoms with Gasteiger partial charge >= 0.3 is 0 Å². The van der Waals surface area contributed by atoms with Gasteiger partial charge in [0.25, 0.3) is 5.91 Å². The van der Waals surface area contributed by atoms with Gasteiger partial charge in [-0.2, -0.15) is 0 Å². The van der Waals surface area contributed by atoms with Crippen molar-refractivity contribution in [2.45, 2.75) is 47.0 Å². The maximum atomic E-state index is 12.9. The minimum Gasteiger partial charge on any atom is -0.324 e. The SMILES string of the molecule is Cc1cc(C)cc(NC(=O)c2ccc(Cl)c(NC(=O)C(C)c3ccc(CC(C)C)cc3)c2)c1. The fourth-order valence-electron chi connectivity index (χ4n) is 3.82. The average molecular weight is 463 g/mol. The van der Waals surface area contributed by atoms with Gasteiger partial charge in [0, 0.05) is 11.3 Å². The number of carbonyl (C=O) groups excluding carboxylic acids is 2. The van der Waals surface area contributed by atoms with Crippen molar-refractivity contribution in [3.8, 4) is 0 Å². The van der Waals surface area contributed by atoms with Crippen LogP contribution in [0.25, 0.3) is 0 Å². The molecule has 3 rings (SSSR count). The minimum atomic E-state index is -0.359. The summed E-state index contributed by atoms with van der Waals surface area (Å²) in [6, 6.07) is 18.9. The Morgan fingerprint density at radius 3 is 2.09 bits per heavy atom. The van der Waals surface area contributed by atoms with E-state index in [1.165, 1.54) is 5.56 Å². The molecule has 0 saturated heterocycles. The number of aryl methyl sites for hydroxylation is 2. The van der Waals surface area contributed by atoms with E-state index in [1.54, 1.807) is 18.2 Å². The molecule has 33 heavy (non-hydrogen) atoms. The first-order valence-electron chi connectivity index (χ1n) is 11.2. The van der Waals surface area contributed by atoms with Gasteiger partial charge < -0.3 is 10.6 Å². The number of halogens is 1. The molecule has 0 radical (unpaired) electrons. The topological polar surface area (TPSA) is 58.2 Å². The maximum Gasteiger partial charge on any atom is 0.255 e. The molecule has 0 saturated carbocycles. The molecule has 172 valence electrons. The first kappa shape index (κ1) is 24.5. The Balaban J connectivity index is 1.72. The second kappa shape index (κ2) is 10.7. The van der Waals surface area contributed by atoms with Crippen LogP contribution in [0.4, 0.5) is 11.4 Å². The molecule has 4 nitrogen and oxygen atoms in total. The van der Waals surface area contributed by atoms with Gasteiger partial charge in [-0.1, -0.05) is 55.8 Å². The van der Waals surface area contributed by atoms with Gasteiger partial charge in [-0.3, -0.25) is 9.59 Å². The van der Waals surface area contributed by atoms with E-state index in [9.17, 15) is 9.59 Å². The first-order chi connectivity index (χ1) is 15.6. The quantitative estimate of drug-likeness (QED) is 0.391. The van der Waals surface area contributed by atoms with E-state index in [1.807, 2.05) is 51.1 Å². The highest BCUT2D eigenvalue weighted by Crippen LogP contribution is 2.26. The lowest BCUT2D eigenvalue weighted by Gasteiger charge is -2.15. The van der Waals surface area contributed by atoms with E-state index < -0.39 is 0 Å². The molecule has 0 heterocycles. The van der Waals surface area contributed by atoms with Gasteiger partial charge in [0.2, 0.25) is 5.91 Å². The normalized spacial score (nSPS) is 11.8. The summed E-state index contributed by atoms with van der Waals surface area (Å²) < 4.78 is 0. The van der Waals surface area contributed by atoms with Crippen LogP contribution in [0.3, 0.4) is 0 Å². The third-order valence-electron chi connectivity index (χ3n) is 5.48. The highest BCUT2D eigenvalue weighted by atomic mass is 35.5. The average Bonchev–Trinajstić information content (AvgIpc) is 2.74. The van der Waals surface area contributed by atoms with Crippen molar-refractivity contribution >= 4 is 34.8 Å². The van der Waals surface area contributed by atoms with Crippen LogP contribution in [0, 0.1) is 19.8 Å². The molecule has 0 aliphatic carbocycles. The van der Waals surface area contributed by atoms with Crippen LogP contribution in [0.5, 0.6) is 0 Å². The fraction of sp³-hybridized carbons (Fsp3) is 0.286. The van der Waals surface area contributed by atoms with Gasteiger partial charge in [0.1, 0.15) is 0 Å². The summed E-state index contributed by atoms with van der Waals surface area (Å²) >= 11 is 6.32. The first-order valence-corrected chi connectivity index (χ1v) is 11.6. The van der Waals surface area contributed by atoms with Crippen molar-refractivity contribution < 1.29 is 9.59 Å². The largest absolute Gasteiger partial charge is 0.324 e. The Morgan fingerprint density at radius 2 is 1.48 bits per heavy atom. The smallest absolute Gasteiger partial charge is 0.255 e. The Hall–Kier alpha value is -3.11. The van der Waals surface area contributed by atoms with Gasteiger partial charge in [-0.25, -0.2) is 0 Å². The molecule has 2 amide bonds. The zero-order valence-corrected chi connectivity index (χ0v) is 20.6. The summed E-state index contributed by atoms with van der Waals surface area (Å²) in [4.78, 5) is 25.7. The lowest BCUT2D eigenvalue weighted by molar-refractivity contribution is -0.117. The molecule has 3 aromatic carbocycles. The predicted octanol–water partition coefficient (Wildman–Crippen LogP) is 7.15. The summed E-state index contributed by atoms with van der Waals surface area (Å²) in [5.41, 5.74) is 5.89. The monoisotopic (exact) mass is 462 g/mol. The van der Waals surface area contributed by atoms with E-state index >= 15 is 0 Å². The highest BCUT2D eigenvalue weighted by molar-refractivity contribution is 6.34. The van der Waals surface area contributed by atoms with Crippen molar-refractivity contribution in [1.29, 1.82) is 0 Å². The molecule has 5 heteroatoms. The summed E-state index contributed by atoms with van der Waals surface area (Å²) in [6.45, 7) is 10.2. The number of hydrogen-bond acceptors (Lipinski definition) is 2. The number of benzene rings is 3.